The first-order valence-electron chi connectivity index (χ1n) is 8.90. The molecule has 0 saturated heterocycles. The van der Waals surface area contributed by atoms with Crippen molar-refractivity contribution in [3.8, 4) is 5.75 Å². The number of carbonyl (C=O) groups excluding carboxylic acids is 1. The lowest BCUT2D eigenvalue weighted by Crippen LogP contribution is -2.24. The number of carbonyl (C=O) groups is 1. The van der Waals surface area contributed by atoms with E-state index in [9.17, 15) is 4.79 Å². The molecule has 0 aliphatic heterocycles. The van der Waals surface area contributed by atoms with E-state index in [1.165, 1.54) is 0 Å². The van der Waals surface area contributed by atoms with Gasteiger partial charge in [0.05, 0.1) is 17.9 Å². The number of hydroxylamine groups is 1. The number of benzene rings is 2. The van der Waals surface area contributed by atoms with Gasteiger partial charge in [-0.25, -0.2) is 10.5 Å². The first-order chi connectivity index (χ1) is 13.8. The minimum atomic E-state index is -0.360. The summed E-state index contributed by atoms with van der Waals surface area (Å²) in [6, 6.07) is 22.5. The van der Waals surface area contributed by atoms with Crippen LogP contribution in [0.5, 0.6) is 5.75 Å². The molecule has 0 saturated carbocycles. The first kappa shape index (κ1) is 17.8. The summed E-state index contributed by atoms with van der Waals surface area (Å²) in [4.78, 5) is 22.3. The smallest absolute Gasteiger partial charge is 0.278 e. The summed E-state index contributed by atoms with van der Waals surface area (Å²) in [6.45, 7) is 0.549. The Labute approximate surface area is 162 Å². The van der Waals surface area contributed by atoms with Crippen molar-refractivity contribution in [1.82, 2.24) is 14.9 Å². The van der Waals surface area contributed by atoms with Gasteiger partial charge in [0.2, 0.25) is 0 Å². The average Bonchev–Trinajstić information content (AvgIpc) is 3.16. The topological polar surface area (TPSA) is 64.9 Å². The van der Waals surface area contributed by atoms with E-state index >= 15 is 0 Å². The summed E-state index contributed by atoms with van der Waals surface area (Å²) < 4.78 is 7.77. The Morgan fingerprint density at radius 2 is 1.71 bits per heavy atom. The summed E-state index contributed by atoms with van der Waals surface area (Å²) in [7, 11) is 0. The molecule has 28 heavy (non-hydrogen) atoms. The van der Waals surface area contributed by atoms with Gasteiger partial charge in [-0.15, -0.1) is 0 Å². The molecule has 0 aliphatic rings. The van der Waals surface area contributed by atoms with Crippen LogP contribution in [-0.2, 0) is 18.1 Å². The van der Waals surface area contributed by atoms with Gasteiger partial charge in [-0.05, 0) is 29.8 Å². The number of rotatable bonds is 7. The number of hydrogen-bond donors (Lipinski definition) is 1. The number of hydrogen-bond acceptors (Lipinski definition) is 4. The quantitative estimate of drug-likeness (QED) is 0.501. The number of amides is 1. The summed E-state index contributed by atoms with van der Waals surface area (Å²) in [6.07, 6.45) is 3.83. The summed E-state index contributed by atoms with van der Waals surface area (Å²) in [5.74, 6) is 0.113. The predicted molar refractivity (Wildman–Crippen MR) is 105 cm³/mol. The molecule has 6 heteroatoms. The number of ether oxygens (including phenoxy) is 1. The zero-order valence-electron chi connectivity index (χ0n) is 15.1. The fourth-order valence-electron chi connectivity index (χ4n) is 2.80. The van der Waals surface area contributed by atoms with Crippen LogP contribution in [0, 0.1) is 0 Å². The molecule has 0 radical (unpaired) electrons. The maximum Gasteiger partial charge on any atom is 0.278 e. The number of imidazole rings is 1. The second kappa shape index (κ2) is 8.37. The summed E-state index contributed by atoms with van der Waals surface area (Å²) >= 11 is 0. The highest BCUT2D eigenvalue weighted by Gasteiger charge is 2.13. The van der Waals surface area contributed by atoms with Crippen LogP contribution in [0.1, 0.15) is 21.6 Å². The van der Waals surface area contributed by atoms with Crippen LogP contribution in [0.2, 0.25) is 0 Å². The number of nitrogens with one attached hydrogen (secondary N) is 1. The standard InChI is InChI=1S/C22H19N3O3/c26-22(24-28-15-17-8-2-1-3-9-17)19-10-4-5-11-20(19)27-16-18-14-25-13-7-6-12-21(25)23-18/h1-14H,15-16H2,(H,24,26). The minimum absolute atomic E-state index is 0.261. The van der Waals surface area contributed by atoms with Gasteiger partial charge in [-0.1, -0.05) is 48.5 Å². The van der Waals surface area contributed by atoms with Crippen LogP contribution in [0.25, 0.3) is 5.65 Å². The Balaban J connectivity index is 1.39. The fourth-order valence-corrected chi connectivity index (χ4v) is 2.80. The lowest BCUT2D eigenvalue weighted by molar-refractivity contribution is 0.0230. The van der Waals surface area contributed by atoms with Crippen molar-refractivity contribution in [1.29, 1.82) is 0 Å². The van der Waals surface area contributed by atoms with Crippen molar-refractivity contribution >= 4 is 11.6 Å². The van der Waals surface area contributed by atoms with Gasteiger partial charge in [0, 0.05) is 12.4 Å². The highest BCUT2D eigenvalue weighted by atomic mass is 16.6. The van der Waals surface area contributed by atoms with E-state index in [0.29, 0.717) is 11.3 Å². The van der Waals surface area contributed by atoms with Crippen molar-refractivity contribution in [2.45, 2.75) is 13.2 Å². The van der Waals surface area contributed by atoms with Gasteiger partial charge < -0.3 is 9.14 Å². The van der Waals surface area contributed by atoms with E-state index in [0.717, 1.165) is 16.9 Å². The molecule has 2 aromatic carbocycles. The third-order valence-corrected chi connectivity index (χ3v) is 4.17. The second-order valence-corrected chi connectivity index (χ2v) is 6.19. The molecule has 4 rings (SSSR count). The average molecular weight is 373 g/mol. The molecule has 1 amide bonds. The van der Waals surface area contributed by atoms with Crippen LogP contribution in [-0.4, -0.2) is 15.3 Å². The van der Waals surface area contributed by atoms with Gasteiger partial charge in [0.15, 0.2) is 0 Å². The van der Waals surface area contributed by atoms with Crippen LogP contribution >= 0.6 is 0 Å². The second-order valence-electron chi connectivity index (χ2n) is 6.19. The SMILES string of the molecule is O=C(NOCc1ccccc1)c1ccccc1OCc1cn2ccccc2n1. The minimum Gasteiger partial charge on any atom is -0.486 e. The number of nitrogens with zero attached hydrogens (tertiary/aromatic N) is 2. The zero-order chi connectivity index (χ0) is 19.2. The molecular weight excluding hydrogens is 354 g/mol. The molecule has 0 atom stereocenters. The Kier molecular flexibility index (Phi) is 5.31. The highest BCUT2D eigenvalue weighted by Crippen LogP contribution is 2.19. The highest BCUT2D eigenvalue weighted by molar-refractivity contribution is 5.96. The number of fused-ring (bicyclic) bond motifs is 1. The van der Waals surface area contributed by atoms with E-state index in [-0.39, 0.29) is 19.1 Å². The molecule has 6 nitrogen and oxygen atoms in total. The van der Waals surface area contributed by atoms with Crippen LogP contribution in [0.3, 0.4) is 0 Å². The Morgan fingerprint density at radius 1 is 0.929 bits per heavy atom. The third-order valence-electron chi connectivity index (χ3n) is 4.17. The fraction of sp³-hybridized carbons (Fsp3) is 0.0909. The van der Waals surface area contributed by atoms with E-state index in [1.807, 2.05) is 71.4 Å². The van der Waals surface area contributed by atoms with Crippen LogP contribution in [0.4, 0.5) is 0 Å². The monoisotopic (exact) mass is 373 g/mol. The van der Waals surface area contributed by atoms with Crippen LogP contribution in [0.15, 0.2) is 85.2 Å². The van der Waals surface area contributed by atoms with Gasteiger partial charge in [0.25, 0.3) is 5.91 Å². The van der Waals surface area contributed by atoms with E-state index in [2.05, 4.69) is 10.5 Å². The van der Waals surface area contributed by atoms with Crippen LogP contribution < -0.4 is 10.2 Å². The zero-order valence-corrected chi connectivity index (χ0v) is 15.1. The maximum absolute atomic E-state index is 12.5. The number of pyridine rings is 1. The predicted octanol–water partition coefficient (Wildman–Crippen LogP) is 3.77. The van der Waals surface area contributed by atoms with Crippen molar-refractivity contribution in [3.63, 3.8) is 0 Å². The molecule has 0 unspecified atom stereocenters. The molecule has 0 spiro atoms. The maximum atomic E-state index is 12.5. The largest absolute Gasteiger partial charge is 0.486 e. The molecule has 0 bridgehead atoms. The number of para-hydroxylation sites is 1. The third kappa shape index (κ3) is 4.19. The summed E-state index contributed by atoms with van der Waals surface area (Å²) in [5, 5.41) is 0. The Hall–Kier alpha value is -3.64. The summed E-state index contributed by atoms with van der Waals surface area (Å²) in [5.41, 5.74) is 5.47. The molecule has 140 valence electrons. The molecule has 4 aromatic rings. The molecular formula is C22H19N3O3. The first-order valence-corrected chi connectivity index (χ1v) is 8.90. The lowest BCUT2D eigenvalue weighted by Gasteiger charge is -2.11. The molecule has 2 aromatic heterocycles. The van der Waals surface area contributed by atoms with Gasteiger partial charge in [0.1, 0.15) is 18.0 Å². The normalized spacial score (nSPS) is 10.7. The van der Waals surface area contributed by atoms with E-state index in [1.54, 1.807) is 18.2 Å². The van der Waals surface area contributed by atoms with Crippen molar-refractivity contribution in [2.24, 2.45) is 0 Å². The van der Waals surface area contributed by atoms with Crippen molar-refractivity contribution in [3.05, 3.63) is 102 Å². The van der Waals surface area contributed by atoms with Gasteiger partial charge in [-0.2, -0.15) is 0 Å². The molecule has 2 heterocycles. The number of aromatic nitrogens is 2. The van der Waals surface area contributed by atoms with Crippen molar-refractivity contribution < 1.29 is 14.4 Å². The lowest BCUT2D eigenvalue weighted by atomic mass is 10.2. The molecule has 0 aliphatic carbocycles. The van der Waals surface area contributed by atoms with Gasteiger partial charge >= 0.3 is 0 Å². The van der Waals surface area contributed by atoms with E-state index in [4.69, 9.17) is 9.57 Å². The molecule has 1 N–H and O–H groups in total. The van der Waals surface area contributed by atoms with E-state index < -0.39 is 0 Å². The van der Waals surface area contributed by atoms with Crippen molar-refractivity contribution in [2.75, 3.05) is 0 Å². The molecule has 0 fully saturated rings. The Morgan fingerprint density at radius 3 is 2.57 bits per heavy atom. The Bertz CT molecular complexity index is 1040. The van der Waals surface area contributed by atoms with Gasteiger partial charge in [-0.3, -0.25) is 9.63 Å².